The fourth-order valence-corrected chi connectivity index (χ4v) is 9.92. The van der Waals surface area contributed by atoms with Crippen molar-refractivity contribution >= 4 is 71.6 Å². The van der Waals surface area contributed by atoms with E-state index in [1.54, 1.807) is 37.6 Å². The van der Waals surface area contributed by atoms with Crippen molar-refractivity contribution < 1.29 is 46.5 Å². The van der Waals surface area contributed by atoms with Gasteiger partial charge in [0.2, 0.25) is 11.8 Å². The number of nitrogens with one attached hydrogen (secondary N) is 2. The van der Waals surface area contributed by atoms with Gasteiger partial charge in [-0.2, -0.15) is 23.5 Å². The minimum Gasteiger partial charge on any atom is -0.675 e. The summed E-state index contributed by atoms with van der Waals surface area (Å²) in [6.07, 6.45) is 8.22. The second-order valence-corrected chi connectivity index (χ2v) is 17.6. The number of carbonyl (C=O) groups is 4. The number of carbonyl (C=O) groups excluding carboxylic acids is 2. The van der Waals surface area contributed by atoms with Gasteiger partial charge in [0.25, 0.3) is 0 Å². The van der Waals surface area contributed by atoms with Gasteiger partial charge in [-0.05, 0) is 59.9 Å². The molecule has 6 unspecified atom stereocenters. The van der Waals surface area contributed by atoms with Crippen LogP contribution in [0.25, 0.3) is 34.9 Å². The van der Waals surface area contributed by atoms with Gasteiger partial charge in [-0.15, -0.1) is 45.6 Å². The Kier molecular flexibility index (Phi) is 16.5. The van der Waals surface area contributed by atoms with Crippen molar-refractivity contribution in [3.05, 3.63) is 88.7 Å². The topological polar surface area (TPSA) is 241 Å². The molecule has 5 rings (SSSR count). The quantitative estimate of drug-likeness (QED) is 0.133. The summed E-state index contributed by atoms with van der Waals surface area (Å²) in [6, 6.07) is -2.36. The van der Waals surface area contributed by atoms with Gasteiger partial charge in [-0.1, -0.05) is 63.2 Å². The Morgan fingerprint density at radius 2 is 1.25 bits per heavy atom. The van der Waals surface area contributed by atoms with Crippen LogP contribution in [-0.4, -0.2) is 89.0 Å². The Bertz CT molecular complexity index is 2220. The number of nitrogens with zero attached hydrogens (tertiary/aromatic N) is 4. The molecule has 59 heavy (non-hydrogen) atoms. The minimum atomic E-state index is -0.926. The zero-order chi connectivity index (χ0) is 42.6. The molecule has 6 atom stereocenters. The maximum atomic E-state index is 12.3. The molecule has 0 aliphatic carbocycles. The van der Waals surface area contributed by atoms with Crippen molar-refractivity contribution in [3.63, 3.8) is 0 Å². The summed E-state index contributed by atoms with van der Waals surface area (Å²) in [7, 11) is 3.13. The number of allylic oxidation sites excluding steroid dienone is 2. The summed E-state index contributed by atoms with van der Waals surface area (Å²) in [6.45, 7) is 12.1. The summed E-state index contributed by atoms with van der Waals surface area (Å²) >= 11 is 3.13. The van der Waals surface area contributed by atoms with Crippen molar-refractivity contribution in [2.45, 2.75) is 102 Å². The van der Waals surface area contributed by atoms with E-state index >= 15 is 0 Å². The number of thioether (sulfide) groups is 2. The van der Waals surface area contributed by atoms with Crippen molar-refractivity contribution in [3.8, 4) is 0 Å². The number of hydrogen-bond donors (Lipinski definition) is 6. The van der Waals surface area contributed by atoms with Gasteiger partial charge in [0.15, 0.2) is 0 Å². The molecule has 17 heteroatoms. The van der Waals surface area contributed by atoms with Crippen molar-refractivity contribution in [2.75, 3.05) is 25.6 Å². The number of carboxylic acid groups (broad SMARTS) is 2. The molecule has 8 N–H and O–H groups in total. The SMILES string of the molecule is CNC(=O)C(N)CSC(C)C1=C(C)C2=Cc3[n-]c(c(C)c3C(C)SCC(N)C(=O)NC)C=C3[N-]C(C=c4[n-]c(c(C)c4CCC(=O)O)=CC1[N-]2)C(CCC(=O)O)=C3C.[Fe+4]. The van der Waals surface area contributed by atoms with Crippen LogP contribution in [0.1, 0.15) is 85.8 Å². The van der Waals surface area contributed by atoms with Crippen LogP contribution in [0.5, 0.6) is 0 Å². The van der Waals surface area contributed by atoms with E-state index < -0.39 is 36.1 Å². The number of likely N-dealkylation sites (N-methyl/N-ethyl adjacent to an activating group) is 2. The van der Waals surface area contributed by atoms with E-state index in [0.29, 0.717) is 33.6 Å². The molecular formula is C42H54FeN8O6S2. The molecule has 0 saturated heterocycles. The van der Waals surface area contributed by atoms with Crippen LogP contribution in [0, 0.1) is 13.8 Å². The van der Waals surface area contributed by atoms with Crippen LogP contribution in [0.15, 0.2) is 33.7 Å². The molecule has 318 valence electrons. The maximum Gasteiger partial charge on any atom is 4.00 e. The molecule has 5 heterocycles. The Labute approximate surface area is 364 Å². The van der Waals surface area contributed by atoms with E-state index in [0.717, 1.165) is 55.9 Å². The molecule has 3 aliphatic heterocycles. The molecule has 3 aliphatic rings. The van der Waals surface area contributed by atoms with Crippen LogP contribution < -0.4 is 42.8 Å². The number of aliphatic carboxylic acids is 2. The second kappa shape index (κ2) is 20.4. The molecular weight excluding hydrogens is 832 g/mol. The number of fused-ring (bicyclic) bond motifs is 8. The predicted molar refractivity (Wildman–Crippen MR) is 233 cm³/mol. The number of amides is 2. The number of nitrogens with two attached hydrogens (primary N) is 2. The molecule has 0 saturated carbocycles. The first kappa shape index (κ1) is 47.6. The van der Waals surface area contributed by atoms with Gasteiger partial charge in [-0.3, -0.25) is 19.2 Å². The van der Waals surface area contributed by atoms with Gasteiger partial charge in [0.1, 0.15) is 0 Å². The smallest absolute Gasteiger partial charge is 0.675 e. The van der Waals surface area contributed by atoms with Crippen LogP contribution in [0.4, 0.5) is 0 Å². The normalized spacial score (nSPS) is 19.2. The molecule has 0 fully saturated rings. The summed E-state index contributed by atoms with van der Waals surface area (Å²) in [5.74, 6) is -1.56. The molecule has 0 spiro atoms. The van der Waals surface area contributed by atoms with Crippen LogP contribution in [-0.2, 0) is 42.7 Å². The fraction of sp³-hybridized carbons (Fsp3) is 0.476. The minimum absolute atomic E-state index is 0. The number of aromatic nitrogens is 2. The standard InChI is InChI=1S/C42H54N8O6S2.Fe/c1-19-25(9-11-37(51)52)33-16-34-26(10-12-38(53)54)20(2)30(48-34)14-35-40(24(6)58-18-28(44)42(56)46-8)22(4)32(50-35)15-36-39(21(3)31(49-36)13-29(19)47-33)23(5)57-17-27(43)41(55)45-7;/h13-16,23-24,27-28,33,35H,9-12,17-18,43-44H2,1-8H3,(H,45,55)(H,46,56)(H,51,52)(H,53,54);/q-4;+4. The van der Waals surface area contributed by atoms with Crippen LogP contribution in [0.3, 0.4) is 0 Å². The van der Waals surface area contributed by atoms with E-state index in [-0.39, 0.29) is 65.1 Å². The third kappa shape index (κ3) is 10.8. The average molecular weight is 887 g/mol. The van der Waals surface area contributed by atoms with Crippen LogP contribution >= 0.6 is 23.5 Å². The van der Waals surface area contributed by atoms with Gasteiger partial charge in [0, 0.05) is 48.9 Å². The molecule has 2 aromatic rings. The monoisotopic (exact) mass is 886 g/mol. The van der Waals surface area contributed by atoms with E-state index in [4.69, 9.17) is 32.1 Å². The van der Waals surface area contributed by atoms with E-state index in [1.165, 1.54) is 0 Å². The first-order valence-corrected chi connectivity index (χ1v) is 21.5. The van der Waals surface area contributed by atoms with E-state index in [9.17, 15) is 29.4 Å². The molecule has 0 aromatic carbocycles. The number of hydrogen-bond acceptors (Lipinski definition) is 8. The van der Waals surface area contributed by atoms with Gasteiger partial charge in [0.05, 0.1) is 12.1 Å². The first-order valence-electron chi connectivity index (χ1n) is 19.4. The molecule has 14 nitrogen and oxygen atoms in total. The zero-order valence-electron chi connectivity index (χ0n) is 34.7. The Hall–Kier alpha value is -4.12. The Morgan fingerprint density at radius 1 is 0.729 bits per heavy atom. The molecule has 2 aromatic heterocycles. The van der Waals surface area contributed by atoms with Gasteiger partial charge in [-0.25, -0.2) is 0 Å². The summed E-state index contributed by atoms with van der Waals surface area (Å²) < 4.78 is 0. The number of carboxylic acids is 2. The predicted octanol–water partition coefficient (Wildman–Crippen LogP) is 3.26. The largest absolute Gasteiger partial charge is 4.00 e. The third-order valence-electron chi connectivity index (χ3n) is 11.0. The third-order valence-corrected chi connectivity index (χ3v) is 13.6. The Morgan fingerprint density at radius 3 is 1.85 bits per heavy atom. The van der Waals surface area contributed by atoms with E-state index in [1.807, 2.05) is 52.0 Å². The number of rotatable bonds is 16. The summed E-state index contributed by atoms with van der Waals surface area (Å²) in [5.41, 5.74) is 22.5. The Balaban J connectivity index is 0.00000769. The van der Waals surface area contributed by atoms with Gasteiger partial charge >= 0.3 is 29.0 Å². The van der Waals surface area contributed by atoms with Crippen molar-refractivity contribution in [2.24, 2.45) is 11.5 Å². The van der Waals surface area contributed by atoms with Crippen LogP contribution in [0.2, 0.25) is 0 Å². The molecule has 0 radical (unpaired) electrons. The van der Waals surface area contributed by atoms with Gasteiger partial charge < -0.3 is 52.9 Å². The van der Waals surface area contributed by atoms with Crippen molar-refractivity contribution in [1.82, 2.24) is 20.6 Å². The molecule has 8 bridgehead atoms. The molecule has 2 amide bonds. The summed E-state index contributed by atoms with van der Waals surface area (Å²) in [5, 5.41) is 36.1. The average Bonchev–Trinajstić information content (AvgIpc) is 3.85. The summed E-state index contributed by atoms with van der Waals surface area (Å²) in [4.78, 5) is 58.5. The maximum absolute atomic E-state index is 12.3. The fourth-order valence-electron chi connectivity index (χ4n) is 7.67. The second-order valence-electron chi connectivity index (χ2n) is 14.9. The van der Waals surface area contributed by atoms with Crippen molar-refractivity contribution in [1.29, 1.82) is 0 Å². The zero-order valence-corrected chi connectivity index (χ0v) is 37.4. The first-order chi connectivity index (χ1) is 27.4. The van der Waals surface area contributed by atoms with E-state index in [2.05, 4.69) is 24.5 Å².